The van der Waals surface area contributed by atoms with Gasteiger partial charge in [-0.25, -0.2) is 17.9 Å². The number of likely N-dealkylation sites (tertiary alicyclic amines) is 1. The Kier molecular flexibility index (Phi) is 3.33. The van der Waals surface area contributed by atoms with Gasteiger partial charge in [0.15, 0.2) is 0 Å². The molecule has 0 radical (unpaired) electrons. The van der Waals surface area contributed by atoms with Crippen LogP contribution in [0.3, 0.4) is 0 Å². The molecule has 1 saturated heterocycles. The van der Waals surface area contributed by atoms with E-state index in [9.17, 15) is 13.2 Å². The lowest BCUT2D eigenvalue weighted by molar-refractivity contribution is 0.154. The molecule has 14 heavy (non-hydrogen) atoms. The van der Waals surface area contributed by atoms with Crippen LogP contribution >= 0.6 is 0 Å². The van der Waals surface area contributed by atoms with E-state index in [1.165, 1.54) is 4.90 Å². The third kappa shape index (κ3) is 3.51. The van der Waals surface area contributed by atoms with Crippen molar-refractivity contribution in [3.8, 4) is 0 Å². The van der Waals surface area contributed by atoms with Crippen LogP contribution in [-0.2, 0) is 10.0 Å². The molecule has 82 valence electrons. The Bertz CT molecular complexity index is 314. The summed E-state index contributed by atoms with van der Waals surface area (Å²) < 4.78 is 23.9. The van der Waals surface area contributed by atoms with Gasteiger partial charge in [-0.3, -0.25) is 0 Å². The van der Waals surface area contributed by atoms with Gasteiger partial charge in [0.1, 0.15) is 0 Å². The van der Waals surface area contributed by atoms with Gasteiger partial charge >= 0.3 is 6.09 Å². The first-order valence-corrected chi connectivity index (χ1v) is 6.20. The minimum atomic E-state index is -3.17. The molecule has 1 aliphatic rings. The quantitative estimate of drug-likeness (QED) is 0.676. The zero-order valence-corrected chi connectivity index (χ0v) is 8.75. The van der Waals surface area contributed by atoms with Crippen molar-refractivity contribution in [2.24, 2.45) is 5.92 Å². The van der Waals surface area contributed by atoms with Gasteiger partial charge in [-0.15, -0.1) is 0 Å². The van der Waals surface area contributed by atoms with Crippen molar-refractivity contribution in [2.75, 3.05) is 25.9 Å². The van der Waals surface area contributed by atoms with E-state index in [4.69, 9.17) is 5.11 Å². The van der Waals surface area contributed by atoms with Crippen LogP contribution in [0.25, 0.3) is 0 Å². The molecular weight excluding hydrogens is 208 g/mol. The molecule has 2 N–H and O–H groups in total. The van der Waals surface area contributed by atoms with Gasteiger partial charge in [-0.1, -0.05) is 0 Å². The maximum atomic E-state index is 10.8. The maximum Gasteiger partial charge on any atom is 0.407 e. The highest BCUT2D eigenvalue weighted by Gasteiger charge is 2.26. The Morgan fingerprint density at radius 3 is 2.71 bits per heavy atom. The Morgan fingerprint density at radius 1 is 1.64 bits per heavy atom. The summed E-state index contributed by atoms with van der Waals surface area (Å²) in [5.41, 5.74) is 0. The van der Waals surface area contributed by atoms with Crippen molar-refractivity contribution in [2.45, 2.75) is 6.42 Å². The van der Waals surface area contributed by atoms with Crippen molar-refractivity contribution in [3.05, 3.63) is 0 Å². The molecule has 1 aliphatic heterocycles. The van der Waals surface area contributed by atoms with Crippen LogP contribution in [0.5, 0.6) is 0 Å². The third-order valence-electron chi connectivity index (χ3n) is 2.19. The van der Waals surface area contributed by atoms with E-state index in [2.05, 4.69) is 4.72 Å². The molecule has 0 bridgehead atoms. The van der Waals surface area contributed by atoms with E-state index in [1.807, 2.05) is 0 Å². The largest absolute Gasteiger partial charge is 0.465 e. The first-order chi connectivity index (χ1) is 6.38. The van der Waals surface area contributed by atoms with Crippen molar-refractivity contribution in [1.82, 2.24) is 9.62 Å². The summed E-state index contributed by atoms with van der Waals surface area (Å²) in [5.74, 6) is 0.0980. The highest BCUT2D eigenvalue weighted by Crippen LogP contribution is 2.15. The van der Waals surface area contributed by atoms with E-state index in [-0.39, 0.29) is 5.92 Å². The van der Waals surface area contributed by atoms with Crippen molar-refractivity contribution in [3.63, 3.8) is 0 Å². The molecule has 1 heterocycles. The molecule has 1 fully saturated rings. The second kappa shape index (κ2) is 4.14. The number of carboxylic acid groups (broad SMARTS) is 1. The molecule has 0 aromatic rings. The average Bonchev–Trinajstić information content (AvgIpc) is 2.47. The highest BCUT2D eigenvalue weighted by molar-refractivity contribution is 7.88. The van der Waals surface area contributed by atoms with Crippen LogP contribution in [0.15, 0.2) is 0 Å². The fraction of sp³-hybridized carbons (Fsp3) is 0.857. The van der Waals surface area contributed by atoms with Gasteiger partial charge in [0, 0.05) is 19.6 Å². The Labute approximate surface area is 82.9 Å². The predicted molar refractivity (Wildman–Crippen MR) is 50.6 cm³/mol. The van der Waals surface area contributed by atoms with Crippen LogP contribution in [0, 0.1) is 5.92 Å². The first kappa shape index (κ1) is 11.3. The first-order valence-electron chi connectivity index (χ1n) is 4.31. The standard InChI is InChI=1S/C7H14N2O4S/c1-14(12,13)8-4-6-2-3-9(5-6)7(10)11/h6,8H,2-5H2,1H3,(H,10,11). The number of nitrogens with one attached hydrogen (secondary N) is 1. The predicted octanol–water partition coefficient (Wildman–Crippen LogP) is -0.464. The Hall–Kier alpha value is -0.820. The lowest BCUT2D eigenvalue weighted by atomic mass is 10.1. The smallest absolute Gasteiger partial charge is 0.407 e. The fourth-order valence-corrected chi connectivity index (χ4v) is 1.98. The molecule has 0 aromatic heterocycles. The van der Waals surface area contributed by atoms with Crippen LogP contribution in [0.4, 0.5) is 4.79 Å². The molecular formula is C7H14N2O4S. The van der Waals surface area contributed by atoms with Gasteiger partial charge in [-0.2, -0.15) is 0 Å². The molecule has 6 nitrogen and oxygen atoms in total. The van der Waals surface area contributed by atoms with Crippen LogP contribution in [0.2, 0.25) is 0 Å². The summed E-state index contributed by atoms with van der Waals surface area (Å²) in [6.07, 6.45) is 0.873. The van der Waals surface area contributed by atoms with E-state index in [1.54, 1.807) is 0 Å². The SMILES string of the molecule is CS(=O)(=O)NCC1CCN(C(=O)O)C1. The summed E-state index contributed by atoms with van der Waals surface area (Å²) >= 11 is 0. The second-order valence-corrected chi connectivity index (χ2v) is 5.34. The van der Waals surface area contributed by atoms with Gasteiger partial charge in [0.25, 0.3) is 0 Å². The lowest BCUT2D eigenvalue weighted by Gasteiger charge is -2.12. The average molecular weight is 222 g/mol. The van der Waals surface area contributed by atoms with Crippen LogP contribution < -0.4 is 4.72 Å². The van der Waals surface area contributed by atoms with E-state index in [0.717, 1.165) is 12.7 Å². The van der Waals surface area contributed by atoms with E-state index < -0.39 is 16.1 Å². The minimum absolute atomic E-state index is 0.0980. The van der Waals surface area contributed by atoms with E-state index in [0.29, 0.717) is 19.6 Å². The Balaban J connectivity index is 2.33. The Morgan fingerprint density at radius 2 is 2.29 bits per heavy atom. The van der Waals surface area contributed by atoms with Crippen molar-refractivity contribution in [1.29, 1.82) is 0 Å². The fourth-order valence-electron chi connectivity index (χ4n) is 1.44. The molecule has 0 aliphatic carbocycles. The maximum absolute atomic E-state index is 10.8. The van der Waals surface area contributed by atoms with Crippen LogP contribution in [0.1, 0.15) is 6.42 Å². The van der Waals surface area contributed by atoms with Gasteiger partial charge in [0.05, 0.1) is 6.26 Å². The summed E-state index contributed by atoms with van der Waals surface area (Å²) in [4.78, 5) is 11.8. The molecule has 0 saturated carbocycles. The summed E-state index contributed by atoms with van der Waals surface area (Å²) in [6, 6.07) is 0. The molecule has 1 unspecified atom stereocenters. The number of amides is 1. The summed E-state index contributed by atoms with van der Waals surface area (Å²) in [7, 11) is -3.17. The monoisotopic (exact) mass is 222 g/mol. The summed E-state index contributed by atoms with van der Waals surface area (Å²) in [5, 5.41) is 8.65. The van der Waals surface area contributed by atoms with Crippen LogP contribution in [-0.4, -0.2) is 50.4 Å². The van der Waals surface area contributed by atoms with Gasteiger partial charge in [-0.05, 0) is 12.3 Å². The number of hydrogen-bond acceptors (Lipinski definition) is 3. The third-order valence-corrected chi connectivity index (χ3v) is 2.88. The number of sulfonamides is 1. The molecule has 1 rings (SSSR count). The number of carbonyl (C=O) groups is 1. The topological polar surface area (TPSA) is 86.7 Å². The molecule has 7 heteroatoms. The zero-order chi connectivity index (χ0) is 10.8. The zero-order valence-electron chi connectivity index (χ0n) is 7.93. The number of rotatable bonds is 3. The van der Waals surface area contributed by atoms with Crippen molar-refractivity contribution < 1.29 is 18.3 Å². The number of hydrogen-bond donors (Lipinski definition) is 2. The molecule has 1 atom stereocenters. The molecule has 0 spiro atoms. The van der Waals surface area contributed by atoms with Gasteiger partial charge < -0.3 is 10.0 Å². The number of nitrogens with zero attached hydrogens (tertiary/aromatic N) is 1. The summed E-state index contributed by atoms with van der Waals surface area (Å²) in [6.45, 7) is 1.23. The second-order valence-electron chi connectivity index (χ2n) is 3.50. The van der Waals surface area contributed by atoms with E-state index >= 15 is 0 Å². The highest BCUT2D eigenvalue weighted by atomic mass is 32.2. The van der Waals surface area contributed by atoms with Crippen molar-refractivity contribution >= 4 is 16.1 Å². The van der Waals surface area contributed by atoms with Gasteiger partial charge in [0.2, 0.25) is 10.0 Å². The minimum Gasteiger partial charge on any atom is -0.465 e. The normalized spacial score (nSPS) is 22.6. The molecule has 1 amide bonds. The molecule has 0 aromatic carbocycles. The lowest BCUT2D eigenvalue weighted by Crippen LogP contribution is -2.31.